The molecular formula is C18H14BrIN2O4S. The largest absolute Gasteiger partial charge is 0.462 e. The van der Waals surface area contributed by atoms with Crippen LogP contribution in [0.1, 0.15) is 23.0 Å². The van der Waals surface area contributed by atoms with Crippen molar-refractivity contribution < 1.29 is 18.7 Å². The molecule has 1 saturated heterocycles. The molecule has 0 radical (unpaired) electrons. The van der Waals surface area contributed by atoms with Gasteiger partial charge in [0.15, 0.2) is 9.84 Å². The Labute approximate surface area is 182 Å². The van der Waals surface area contributed by atoms with Gasteiger partial charge in [-0.3, -0.25) is 9.69 Å². The fraction of sp³-hybridized carbons (Fsp3) is 0.167. The maximum Gasteiger partial charge on any atom is 0.338 e. The summed E-state index contributed by atoms with van der Waals surface area (Å²) in [7, 11) is 1.67. The molecule has 2 heterocycles. The normalized spacial score (nSPS) is 17.2. The van der Waals surface area contributed by atoms with Gasteiger partial charge in [0.05, 0.1) is 26.3 Å². The van der Waals surface area contributed by atoms with Gasteiger partial charge in [-0.1, -0.05) is 0 Å². The van der Waals surface area contributed by atoms with Gasteiger partial charge in [-0.15, -0.1) is 0 Å². The summed E-state index contributed by atoms with van der Waals surface area (Å²) in [4.78, 5) is 30.7. The molecule has 9 heteroatoms. The predicted molar refractivity (Wildman–Crippen MR) is 117 cm³/mol. The molecule has 27 heavy (non-hydrogen) atoms. The van der Waals surface area contributed by atoms with Crippen LogP contribution in [0.25, 0.3) is 6.08 Å². The quantitative estimate of drug-likeness (QED) is 0.297. The summed E-state index contributed by atoms with van der Waals surface area (Å²) in [6.07, 6.45) is 1.70. The number of nitrogens with zero attached hydrogens (tertiary/aromatic N) is 2. The van der Waals surface area contributed by atoms with E-state index in [0.717, 1.165) is 3.57 Å². The van der Waals surface area contributed by atoms with Crippen LogP contribution in [0.15, 0.2) is 49.3 Å². The fourth-order valence-electron chi connectivity index (χ4n) is 2.21. The van der Waals surface area contributed by atoms with Crippen LogP contribution >= 0.6 is 50.3 Å². The molecular weight excluding hydrogens is 547 g/mol. The Kier molecular flexibility index (Phi) is 6.43. The molecule has 0 aliphatic carbocycles. The molecule has 1 aromatic heterocycles. The Balaban J connectivity index is 1.80. The molecule has 0 bridgehead atoms. The summed E-state index contributed by atoms with van der Waals surface area (Å²) in [6.45, 7) is 2.09. The van der Waals surface area contributed by atoms with E-state index in [9.17, 15) is 9.59 Å². The molecule has 0 spiro atoms. The number of thioether (sulfide) groups is 1. The second-order valence-corrected chi connectivity index (χ2v) is 8.30. The Morgan fingerprint density at radius 3 is 2.70 bits per heavy atom. The molecule has 0 unspecified atom stereocenters. The number of hydrogen-bond donors (Lipinski definition) is 0. The van der Waals surface area contributed by atoms with E-state index in [2.05, 4.69) is 43.5 Å². The second kappa shape index (κ2) is 8.61. The van der Waals surface area contributed by atoms with Crippen molar-refractivity contribution in [2.24, 2.45) is 4.99 Å². The topological polar surface area (TPSA) is 72.1 Å². The van der Waals surface area contributed by atoms with Gasteiger partial charge in [0.2, 0.25) is 0 Å². The Hall–Kier alpha value is -1.59. The van der Waals surface area contributed by atoms with E-state index in [1.54, 1.807) is 44.3 Å². The van der Waals surface area contributed by atoms with E-state index in [4.69, 9.17) is 9.15 Å². The molecule has 0 N–H and O–H groups in total. The van der Waals surface area contributed by atoms with Crippen LogP contribution in [0.5, 0.6) is 0 Å². The highest BCUT2D eigenvalue weighted by molar-refractivity contribution is 14.1. The summed E-state index contributed by atoms with van der Waals surface area (Å²) in [5, 5.41) is 0.551. The van der Waals surface area contributed by atoms with Gasteiger partial charge in [0.25, 0.3) is 5.91 Å². The standard InChI is InChI=1S/C18H14BrIN2O4S/c1-3-25-17(24)10-4-6-11(7-5-10)21-18-22(2)16(23)14(27-18)9-12-8-13(20)15(19)26-12/h4-9H,3H2,1-2H3/b14-9-,21-18?. The number of carbonyl (C=O) groups is 2. The van der Waals surface area contributed by atoms with Crippen LogP contribution in [-0.2, 0) is 9.53 Å². The van der Waals surface area contributed by atoms with Crippen LogP contribution in [0.2, 0.25) is 0 Å². The summed E-state index contributed by atoms with van der Waals surface area (Å²) >= 11 is 6.72. The number of amides is 1. The zero-order valence-corrected chi connectivity index (χ0v) is 18.9. The monoisotopic (exact) mass is 560 g/mol. The third-order valence-electron chi connectivity index (χ3n) is 3.54. The van der Waals surface area contributed by atoms with Crippen LogP contribution in [0.3, 0.4) is 0 Å². The predicted octanol–water partition coefficient (Wildman–Crippen LogP) is 5.06. The third kappa shape index (κ3) is 4.64. The summed E-state index contributed by atoms with van der Waals surface area (Å²) in [5.74, 6) is 0.0729. The van der Waals surface area contributed by atoms with Crippen molar-refractivity contribution in [3.8, 4) is 0 Å². The van der Waals surface area contributed by atoms with E-state index in [-0.39, 0.29) is 11.9 Å². The number of esters is 1. The number of benzene rings is 1. The maximum atomic E-state index is 12.5. The second-order valence-electron chi connectivity index (χ2n) is 5.41. The molecule has 1 amide bonds. The van der Waals surface area contributed by atoms with Crippen molar-refractivity contribution in [2.45, 2.75) is 6.92 Å². The fourth-order valence-corrected chi connectivity index (χ4v) is 3.90. The number of hydrogen-bond acceptors (Lipinski definition) is 6. The molecule has 6 nitrogen and oxygen atoms in total. The van der Waals surface area contributed by atoms with Gasteiger partial charge >= 0.3 is 5.97 Å². The minimum atomic E-state index is -0.372. The van der Waals surface area contributed by atoms with E-state index < -0.39 is 0 Å². The smallest absolute Gasteiger partial charge is 0.338 e. The first kappa shape index (κ1) is 20.2. The van der Waals surface area contributed by atoms with E-state index >= 15 is 0 Å². The molecule has 2 aromatic rings. The van der Waals surface area contributed by atoms with Crippen LogP contribution in [0, 0.1) is 3.57 Å². The van der Waals surface area contributed by atoms with Crippen molar-refractivity contribution in [1.29, 1.82) is 0 Å². The zero-order chi connectivity index (χ0) is 19.6. The molecule has 1 aliphatic rings. The first-order valence-corrected chi connectivity index (χ1v) is 10.6. The minimum Gasteiger partial charge on any atom is -0.462 e. The average molecular weight is 561 g/mol. The van der Waals surface area contributed by atoms with Crippen LogP contribution in [0.4, 0.5) is 5.69 Å². The highest BCUT2D eigenvalue weighted by Crippen LogP contribution is 2.34. The van der Waals surface area contributed by atoms with Crippen molar-refractivity contribution in [3.05, 3.63) is 54.8 Å². The number of likely N-dealkylation sites (N-methyl/N-ethyl adjacent to an activating group) is 1. The molecule has 1 aromatic carbocycles. The number of amidine groups is 1. The van der Waals surface area contributed by atoms with Crippen LogP contribution < -0.4 is 0 Å². The van der Waals surface area contributed by atoms with Gasteiger partial charge in [-0.2, -0.15) is 0 Å². The minimum absolute atomic E-state index is 0.149. The highest BCUT2D eigenvalue weighted by atomic mass is 127. The molecule has 0 atom stereocenters. The third-order valence-corrected chi connectivity index (χ3v) is 6.74. The molecule has 1 fully saturated rings. The van der Waals surface area contributed by atoms with E-state index in [0.29, 0.717) is 38.4 Å². The van der Waals surface area contributed by atoms with Crippen molar-refractivity contribution in [1.82, 2.24) is 4.90 Å². The summed E-state index contributed by atoms with van der Waals surface area (Å²) in [6, 6.07) is 8.57. The van der Waals surface area contributed by atoms with Gasteiger partial charge in [0, 0.05) is 13.1 Å². The number of ether oxygens (including phenoxy) is 1. The highest BCUT2D eigenvalue weighted by Gasteiger charge is 2.30. The van der Waals surface area contributed by atoms with Crippen molar-refractivity contribution >= 4 is 79.1 Å². The van der Waals surface area contributed by atoms with Gasteiger partial charge in [-0.25, -0.2) is 9.79 Å². The van der Waals surface area contributed by atoms with Crippen LogP contribution in [-0.4, -0.2) is 35.6 Å². The lowest BCUT2D eigenvalue weighted by atomic mass is 10.2. The number of carbonyl (C=O) groups excluding carboxylic acids is 2. The zero-order valence-electron chi connectivity index (χ0n) is 14.4. The first-order valence-electron chi connectivity index (χ1n) is 7.87. The lowest BCUT2D eigenvalue weighted by molar-refractivity contribution is -0.121. The number of halogens is 2. The molecule has 3 rings (SSSR count). The summed E-state index contributed by atoms with van der Waals surface area (Å²) in [5.41, 5.74) is 1.10. The SMILES string of the molecule is CCOC(=O)c1ccc(N=C2S/C(=C\c3cc(I)c(Br)o3)C(=O)N2C)cc1. The van der Waals surface area contributed by atoms with E-state index in [1.165, 1.54) is 16.7 Å². The molecule has 0 saturated carbocycles. The molecule has 140 valence electrons. The van der Waals surface area contributed by atoms with Gasteiger partial charge in [0.1, 0.15) is 5.76 Å². The van der Waals surface area contributed by atoms with Gasteiger partial charge in [-0.05, 0) is 87.5 Å². The number of furan rings is 1. The average Bonchev–Trinajstić information content (AvgIpc) is 3.09. The maximum absolute atomic E-state index is 12.5. The lowest BCUT2D eigenvalue weighted by Gasteiger charge is -2.07. The number of aliphatic imine (C=N–C) groups is 1. The van der Waals surface area contributed by atoms with E-state index in [1.807, 2.05) is 6.07 Å². The Morgan fingerprint density at radius 2 is 2.11 bits per heavy atom. The summed E-state index contributed by atoms with van der Waals surface area (Å²) < 4.78 is 12.1. The van der Waals surface area contributed by atoms with Crippen molar-refractivity contribution in [3.63, 3.8) is 0 Å². The number of rotatable bonds is 4. The Bertz CT molecular complexity index is 933. The lowest BCUT2D eigenvalue weighted by Crippen LogP contribution is -2.23. The first-order chi connectivity index (χ1) is 12.9. The van der Waals surface area contributed by atoms with Gasteiger partial charge < -0.3 is 9.15 Å². The Morgan fingerprint density at radius 1 is 1.41 bits per heavy atom. The molecule has 1 aliphatic heterocycles. The van der Waals surface area contributed by atoms with Crippen molar-refractivity contribution in [2.75, 3.05) is 13.7 Å².